The van der Waals surface area contributed by atoms with Crippen molar-refractivity contribution in [3.05, 3.63) is 42.2 Å². The smallest absolute Gasteiger partial charge is 0.338 e. The number of anilines is 1. The standard InChI is InChI=1S/C15H17N3O4/c1-3-22-13-7-5-4-6-12(13)17(2)14(19)10-18-9-11(8-16-18)15(20)21/h4-9H,3,10H2,1-2H3,(H,20,21). The molecule has 0 aliphatic rings. The SMILES string of the molecule is CCOc1ccccc1N(C)C(=O)Cn1cc(C(=O)O)cn1. The molecule has 0 radical (unpaired) electrons. The third-order valence-corrected chi connectivity index (χ3v) is 3.08. The lowest BCUT2D eigenvalue weighted by molar-refractivity contribution is -0.119. The Labute approximate surface area is 127 Å². The lowest BCUT2D eigenvalue weighted by Gasteiger charge is -2.20. The zero-order valence-electron chi connectivity index (χ0n) is 12.4. The van der Waals surface area contributed by atoms with Gasteiger partial charge in [-0.2, -0.15) is 5.10 Å². The van der Waals surface area contributed by atoms with Crippen LogP contribution in [0.4, 0.5) is 5.69 Å². The van der Waals surface area contributed by atoms with Crippen molar-refractivity contribution in [2.45, 2.75) is 13.5 Å². The van der Waals surface area contributed by atoms with E-state index in [0.29, 0.717) is 18.0 Å². The fraction of sp³-hybridized carbons (Fsp3) is 0.267. The number of carboxylic acid groups (broad SMARTS) is 1. The van der Waals surface area contributed by atoms with Crippen LogP contribution >= 0.6 is 0 Å². The molecular formula is C15H17N3O4. The number of carbonyl (C=O) groups is 2. The number of carboxylic acids is 1. The van der Waals surface area contributed by atoms with Gasteiger partial charge in [0.2, 0.25) is 5.91 Å². The molecule has 1 N–H and O–H groups in total. The van der Waals surface area contributed by atoms with Crippen molar-refractivity contribution in [1.82, 2.24) is 9.78 Å². The lowest BCUT2D eigenvalue weighted by atomic mass is 10.2. The first-order chi connectivity index (χ1) is 10.5. The number of likely N-dealkylation sites (N-methyl/N-ethyl adjacent to an activating group) is 1. The Balaban J connectivity index is 2.13. The predicted molar refractivity (Wildman–Crippen MR) is 80.2 cm³/mol. The maximum atomic E-state index is 12.3. The van der Waals surface area contributed by atoms with Crippen molar-refractivity contribution >= 4 is 17.6 Å². The quantitative estimate of drug-likeness (QED) is 0.877. The highest BCUT2D eigenvalue weighted by Crippen LogP contribution is 2.27. The van der Waals surface area contributed by atoms with E-state index in [1.807, 2.05) is 19.1 Å². The molecular weight excluding hydrogens is 286 g/mol. The maximum Gasteiger partial charge on any atom is 0.338 e. The minimum Gasteiger partial charge on any atom is -0.492 e. The molecule has 1 heterocycles. The molecule has 116 valence electrons. The number of hydrogen-bond donors (Lipinski definition) is 1. The zero-order chi connectivity index (χ0) is 16.1. The van der Waals surface area contributed by atoms with Crippen LogP contribution in [0.2, 0.25) is 0 Å². The Kier molecular flexibility index (Phi) is 4.77. The van der Waals surface area contributed by atoms with Gasteiger partial charge in [0.05, 0.1) is 24.1 Å². The van der Waals surface area contributed by atoms with E-state index in [1.54, 1.807) is 19.2 Å². The summed E-state index contributed by atoms with van der Waals surface area (Å²) < 4.78 is 6.80. The summed E-state index contributed by atoms with van der Waals surface area (Å²) in [5.41, 5.74) is 0.699. The minimum atomic E-state index is -1.08. The fourth-order valence-corrected chi connectivity index (χ4v) is 1.95. The number of rotatable bonds is 6. The third kappa shape index (κ3) is 3.43. The van der Waals surface area contributed by atoms with E-state index in [-0.39, 0.29) is 18.0 Å². The highest BCUT2D eigenvalue weighted by atomic mass is 16.5. The summed E-state index contributed by atoms with van der Waals surface area (Å²) in [5, 5.41) is 12.7. The Morgan fingerprint density at radius 1 is 1.36 bits per heavy atom. The van der Waals surface area contributed by atoms with Crippen molar-refractivity contribution in [2.24, 2.45) is 0 Å². The fourth-order valence-electron chi connectivity index (χ4n) is 1.95. The van der Waals surface area contributed by atoms with E-state index < -0.39 is 5.97 Å². The molecule has 0 saturated carbocycles. The number of aromatic carboxylic acids is 1. The van der Waals surface area contributed by atoms with Crippen LogP contribution in [0.3, 0.4) is 0 Å². The van der Waals surface area contributed by atoms with Gasteiger partial charge in [0.25, 0.3) is 0 Å². The van der Waals surface area contributed by atoms with Crippen molar-refractivity contribution < 1.29 is 19.4 Å². The molecule has 0 unspecified atom stereocenters. The van der Waals surface area contributed by atoms with Crippen molar-refractivity contribution in [3.8, 4) is 5.75 Å². The molecule has 2 rings (SSSR count). The molecule has 0 aliphatic heterocycles. The van der Waals surface area contributed by atoms with Gasteiger partial charge in [-0.25, -0.2) is 4.79 Å². The Morgan fingerprint density at radius 2 is 2.09 bits per heavy atom. The van der Waals surface area contributed by atoms with Crippen molar-refractivity contribution in [1.29, 1.82) is 0 Å². The number of benzene rings is 1. The monoisotopic (exact) mass is 303 g/mol. The molecule has 0 spiro atoms. The second-order valence-electron chi connectivity index (χ2n) is 4.59. The summed E-state index contributed by atoms with van der Waals surface area (Å²) in [6.45, 7) is 2.32. The molecule has 7 nitrogen and oxygen atoms in total. The average Bonchev–Trinajstić information content (AvgIpc) is 2.96. The molecule has 0 atom stereocenters. The van der Waals surface area contributed by atoms with Crippen LogP contribution in [0.15, 0.2) is 36.7 Å². The summed E-state index contributed by atoms with van der Waals surface area (Å²) >= 11 is 0. The van der Waals surface area contributed by atoms with Gasteiger partial charge in [-0.1, -0.05) is 12.1 Å². The molecule has 22 heavy (non-hydrogen) atoms. The number of aromatic nitrogens is 2. The maximum absolute atomic E-state index is 12.3. The van der Waals surface area contributed by atoms with Crippen LogP contribution in [0.1, 0.15) is 17.3 Å². The van der Waals surface area contributed by atoms with Gasteiger partial charge >= 0.3 is 5.97 Å². The summed E-state index contributed by atoms with van der Waals surface area (Å²) in [5.74, 6) is -0.687. The Hall–Kier alpha value is -2.83. The number of ether oxygens (including phenoxy) is 1. The van der Waals surface area contributed by atoms with Gasteiger partial charge in [0.15, 0.2) is 0 Å². The number of nitrogens with zero attached hydrogens (tertiary/aromatic N) is 3. The first kappa shape index (κ1) is 15.6. The van der Waals surface area contributed by atoms with Gasteiger partial charge in [0, 0.05) is 13.2 Å². The summed E-state index contributed by atoms with van der Waals surface area (Å²) in [4.78, 5) is 24.6. The Bertz CT molecular complexity index is 681. The molecule has 1 aromatic heterocycles. The molecule has 1 amide bonds. The molecule has 0 saturated heterocycles. The molecule has 7 heteroatoms. The van der Waals surface area contributed by atoms with E-state index in [9.17, 15) is 9.59 Å². The van der Waals surface area contributed by atoms with Crippen LogP contribution in [0.5, 0.6) is 5.75 Å². The number of hydrogen-bond acceptors (Lipinski definition) is 4. The normalized spacial score (nSPS) is 10.3. The van der Waals surface area contributed by atoms with Crippen molar-refractivity contribution in [3.63, 3.8) is 0 Å². The van der Waals surface area contributed by atoms with Gasteiger partial charge < -0.3 is 14.7 Å². The zero-order valence-corrected chi connectivity index (χ0v) is 12.4. The van der Waals surface area contributed by atoms with E-state index in [1.165, 1.54) is 22.0 Å². The van der Waals surface area contributed by atoms with Gasteiger partial charge in [-0.05, 0) is 19.1 Å². The number of para-hydroxylation sites is 2. The van der Waals surface area contributed by atoms with E-state index >= 15 is 0 Å². The molecule has 1 aromatic carbocycles. The summed E-state index contributed by atoms with van der Waals surface area (Å²) in [6.07, 6.45) is 2.53. The highest BCUT2D eigenvalue weighted by molar-refractivity contribution is 5.94. The van der Waals surface area contributed by atoms with Crippen LogP contribution in [0, 0.1) is 0 Å². The Morgan fingerprint density at radius 3 is 2.73 bits per heavy atom. The first-order valence-corrected chi connectivity index (χ1v) is 6.77. The third-order valence-electron chi connectivity index (χ3n) is 3.08. The van der Waals surface area contributed by atoms with Crippen LogP contribution in [-0.2, 0) is 11.3 Å². The largest absolute Gasteiger partial charge is 0.492 e. The highest BCUT2D eigenvalue weighted by Gasteiger charge is 2.16. The second-order valence-corrected chi connectivity index (χ2v) is 4.59. The van der Waals surface area contributed by atoms with E-state index in [4.69, 9.17) is 9.84 Å². The van der Waals surface area contributed by atoms with Crippen LogP contribution in [0.25, 0.3) is 0 Å². The van der Waals surface area contributed by atoms with E-state index in [2.05, 4.69) is 5.10 Å². The van der Waals surface area contributed by atoms with Crippen molar-refractivity contribution in [2.75, 3.05) is 18.6 Å². The summed E-state index contributed by atoms with van der Waals surface area (Å²) in [7, 11) is 1.64. The second kappa shape index (κ2) is 6.75. The number of carbonyl (C=O) groups excluding carboxylic acids is 1. The molecule has 0 fully saturated rings. The molecule has 0 bridgehead atoms. The van der Waals surface area contributed by atoms with E-state index in [0.717, 1.165) is 0 Å². The average molecular weight is 303 g/mol. The topological polar surface area (TPSA) is 84.7 Å². The predicted octanol–water partition coefficient (Wildman–Crippen LogP) is 1.64. The summed E-state index contributed by atoms with van der Waals surface area (Å²) in [6, 6.07) is 7.23. The van der Waals surface area contributed by atoms with Gasteiger partial charge in [-0.3, -0.25) is 9.48 Å². The molecule has 0 aliphatic carbocycles. The van der Waals surface area contributed by atoms with Gasteiger partial charge in [-0.15, -0.1) is 0 Å². The molecule has 2 aromatic rings. The van der Waals surface area contributed by atoms with Crippen LogP contribution in [-0.4, -0.2) is 40.4 Å². The first-order valence-electron chi connectivity index (χ1n) is 6.77. The van der Waals surface area contributed by atoms with Crippen LogP contribution < -0.4 is 9.64 Å². The minimum absolute atomic E-state index is 0.0465. The number of amides is 1. The lowest BCUT2D eigenvalue weighted by Crippen LogP contribution is -2.30. The van der Waals surface area contributed by atoms with Gasteiger partial charge in [0.1, 0.15) is 12.3 Å².